The molecule has 2 aromatic rings. The second-order valence-corrected chi connectivity index (χ2v) is 7.48. The lowest BCUT2D eigenvalue weighted by molar-refractivity contribution is 0.0475. The maximum atomic E-state index is 12.8. The number of imide groups is 1. The SMILES string of the molecule is COc1cc(C(=O)Nc2ccc3c(c2)C(=O)N(CC2CCCO2)C3=O)cc(OC)c1OC. The van der Waals surface area contributed by atoms with E-state index in [-0.39, 0.29) is 35.6 Å². The molecule has 9 heteroatoms. The maximum Gasteiger partial charge on any atom is 0.261 e. The summed E-state index contributed by atoms with van der Waals surface area (Å²) in [6.07, 6.45) is 1.62. The van der Waals surface area contributed by atoms with Crippen molar-refractivity contribution in [3.8, 4) is 17.2 Å². The Balaban J connectivity index is 1.55. The molecule has 2 aliphatic heterocycles. The minimum Gasteiger partial charge on any atom is -0.493 e. The summed E-state index contributed by atoms with van der Waals surface area (Å²) in [7, 11) is 4.40. The molecule has 0 aliphatic carbocycles. The van der Waals surface area contributed by atoms with Gasteiger partial charge in [-0.2, -0.15) is 0 Å². The van der Waals surface area contributed by atoms with Crippen LogP contribution in [0, 0.1) is 0 Å². The van der Waals surface area contributed by atoms with Crippen LogP contribution in [0.2, 0.25) is 0 Å². The van der Waals surface area contributed by atoms with Crippen molar-refractivity contribution < 1.29 is 33.3 Å². The first-order valence-electron chi connectivity index (χ1n) is 10.2. The normalized spacial score (nSPS) is 17.3. The number of amides is 3. The number of carbonyl (C=O) groups is 3. The summed E-state index contributed by atoms with van der Waals surface area (Å²) in [5.41, 5.74) is 1.25. The molecule has 2 aliphatic rings. The van der Waals surface area contributed by atoms with Crippen LogP contribution < -0.4 is 19.5 Å². The highest BCUT2D eigenvalue weighted by Gasteiger charge is 2.37. The van der Waals surface area contributed by atoms with E-state index in [9.17, 15) is 14.4 Å². The van der Waals surface area contributed by atoms with Gasteiger partial charge in [0.25, 0.3) is 17.7 Å². The van der Waals surface area contributed by atoms with E-state index >= 15 is 0 Å². The van der Waals surface area contributed by atoms with Gasteiger partial charge in [-0.3, -0.25) is 19.3 Å². The minimum absolute atomic E-state index is 0.128. The number of methoxy groups -OCH3 is 3. The van der Waals surface area contributed by atoms with Crippen LogP contribution in [-0.4, -0.2) is 63.2 Å². The van der Waals surface area contributed by atoms with Crippen molar-refractivity contribution in [1.29, 1.82) is 0 Å². The molecule has 1 unspecified atom stereocenters. The Morgan fingerprint density at radius 1 is 1.03 bits per heavy atom. The number of fused-ring (bicyclic) bond motifs is 1. The van der Waals surface area contributed by atoms with Crippen LogP contribution in [0.25, 0.3) is 0 Å². The van der Waals surface area contributed by atoms with Crippen LogP contribution in [0.15, 0.2) is 30.3 Å². The molecule has 3 amide bonds. The average molecular weight is 440 g/mol. The van der Waals surface area contributed by atoms with E-state index in [1.807, 2.05) is 0 Å². The van der Waals surface area contributed by atoms with Crippen molar-refractivity contribution in [2.45, 2.75) is 18.9 Å². The average Bonchev–Trinajstić information content (AvgIpc) is 3.41. The van der Waals surface area contributed by atoms with Gasteiger partial charge in [0.2, 0.25) is 5.75 Å². The van der Waals surface area contributed by atoms with Gasteiger partial charge in [-0.25, -0.2) is 0 Å². The van der Waals surface area contributed by atoms with Crippen molar-refractivity contribution in [3.63, 3.8) is 0 Å². The number of benzene rings is 2. The van der Waals surface area contributed by atoms with Crippen LogP contribution in [-0.2, 0) is 4.74 Å². The number of rotatable bonds is 7. The summed E-state index contributed by atoms with van der Waals surface area (Å²) in [6, 6.07) is 7.72. The first-order valence-corrected chi connectivity index (χ1v) is 10.2. The first-order chi connectivity index (χ1) is 15.5. The summed E-state index contributed by atoms with van der Waals surface area (Å²) in [5.74, 6) is -0.0999. The van der Waals surface area contributed by atoms with E-state index in [2.05, 4.69) is 5.32 Å². The van der Waals surface area contributed by atoms with Crippen molar-refractivity contribution >= 4 is 23.4 Å². The number of hydrogen-bond donors (Lipinski definition) is 1. The number of ether oxygens (including phenoxy) is 4. The topological polar surface area (TPSA) is 103 Å². The van der Waals surface area contributed by atoms with Crippen molar-refractivity contribution in [1.82, 2.24) is 4.90 Å². The Kier molecular flexibility index (Phi) is 6.00. The zero-order valence-electron chi connectivity index (χ0n) is 18.1. The van der Waals surface area contributed by atoms with E-state index in [4.69, 9.17) is 18.9 Å². The molecule has 0 saturated carbocycles. The van der Waals surface area contributed by atoms with E-state index in [1.54, 1.807) is 12.1 Å². The van der Waals surface area contributed by atoms with E-state index in [0.29, 0.717) is 35.1 Å². The van der Waals surface area contributed by atoms with Gasteiger partial charge in [0.1, 0.15) is 0 Å². The number of hydrogen-bond acceptors (Lipinski definition) is 7. The fraction of sp³-hybridized carbons (Fsp3) is 0.348. The number of nitrogens with one attached hydrogen (secondary N) is 1. The van der Waals surface area contributed by atoms with Gasteiger partial charge < -0.3 is 24.3 Å². The van der Waals surface area contributed by atoms with Gasteiger partial charge >= 0.3 is 0 Å². The van der Waals surface area contributed by atoms with E-state index in [0.717, 1.165) is 12.8 Å². The van der Waals surface area contributed by atoms with Crippen molar-refractivity contribution in [2.75, 3.05) is 39.8 Å². The van der Waals surface area contributed by atoms with Gasteiger partial charge in [-0.1, -0.05) is 0 Å². The Labute approximate surface area is 185 Å². The predicted octanol–water partition coefficient (Wildman–Crippen LogP) is 2.74. The Morgan fingerprint density at radius 2 is 1.72 bits per heavy atom. The summed E-state index contributed by atoms with van der Waals surface area (Å²) >= 11 is 0. The fourth-order valence-corrected chi connectivity index (χ4v) is 3.94. The Morgan fingerprint density at radius 3 is 2.31 bits per heavy atom. The smallest absolute Gasteiger partial charge is 0.261 e. The first kappa shape index (κ1) is 21.6. The Bertz CT molecular complexity index is 1050. The lowest BCUT2D eigenvalue weighted by Gasteiger charge is -2.17. The molecule has 4 rings (SSSR count). The van der Waals surface area contributed by atoms with Gasteiger partial charge in [0.05, 0.1) is 45.1 Å². The van der Waals surface area contributed by atoms with Gasteiger partial charge in [0.15, 0.2) is 11.5 Å². The van der Waals surface area contributed by atoms with E-state index < -0.39 is 5.91 Å². The predicted molar refractivity (Wildman–Crippen MR) is 115 cm³/mol. The molecular weight excluding hydrogens is 416 g/mol. The van der Waals surface area contributed by atoms with Crippen LogP contribution in [0.1, 0.15) is 43.9 Å². The largest absolute Gasteiger partial charge is 0.493 e. The molecule has 0 aromatic heterocycles. The maximum absolute atomic E-state index is 12.8. The second-order valence-electron chi connectivity index (χ2n) is 7.48. The third-order valence-corrected chi connectivity index (χ3v) is 5.57. The summed E-state index contributed by atoms with van der Waals surface area (Å²) < 4.78 is 21.4. The number of carbonyl (C=O) groups excluding carboxylic acids is 3. The molecule has 2 aromatic carbocycles. The molecule has 0 bridgehead atoms. The zero-order valence-corrected chi connectivity index (χ0v) is 18.1. The molecule has 1 atom stereocenters. The summed E-state index contributed by atoms with van der Waals surface area (Å²) in [5, 5.41) is 2.75. The highest BCUT2D eigenvalue weighted by atomic mass is 16.5. The van der Waals surface area contributed by atoms with Crippen LogP contribution in [0.5, 0.6) is 17.2 Å². The third-order valence-electron chi connectivity index (χ3n) is 5.57. The quantitative estimate of drug-likeness (QED) is 0.661. The fourth-order valence-electron chi connectivity index (χ4n) is 3.94. The van der Waals surface area contributed by atoms with E-state index in [1.165, 1.54) is 44.4 Å². The highest BCUT2D eigenvalue weighted by Crippen LogP contribution is 2.38. The van der Waals surface area contributed by atoms with Gasteiger partial charge in [-0.05, 0) is 43.2 Å². The zero-order chi connectivity index (χ0) is 22.8. The van der Waals surface area contributed by atoms with Gasteiger partial charge in [0, 0.05) is 17.9 Å². The monoisotopic (exact) mass is 440 g/mol. The molecule has 0 spiro atoms. The van der Waals surface area contributed by atoms with Crippen LogP contribution >= 0.6 is 0 Å². The second kappa shape index (κ2) is 8.88. The molecule has 9 nitrogen and oxygen atoms in total. The van der Waals surface area contributed by atoms with Gasteiger partial charge in [-0.15, -0.1) is 0 Å². The molecular formula is C23H24N2O7. The molecule has 2 heterocycles. The molecule has 1 saturated heterocycles. The number of anilines is 1. The minimum atomic E-state index is -0.433. The molecule has 1 N–H and O–H groups in total. The lowest BCUT2D eigenvalue weighted by Crippen LogP contribution is -2.36. The molecule has 1 fully saturated rings. The molecule has 168 valence electrons. The molecule has 32 heavy (non-hydrogen) atoms. The standard InChI is InChI=1S/C23H24N2O7/c1-29-18-9-13(10-19(30-2)20(18)31-3)21(26)24-14-6-7-16-17(11-14)23(28)25(22(16)27)12-15-5-4-8-32-15/h6-7,9-11,15H,4-5,8,12H2,1-3H3,(H,24,26). The van der Waals surface area contributed by atoms with Crippen LogP contribution in [0.3, 0.4) is 0 Å². The lowest BCUT2D eigenvalue weighted by atomic mass is 10.1. The van der Waals surface area contributed by atoms with Crippen molar-refractivity contribution in [2.24, 2.45) is 0 Å². The summed E-state index contributed by atoms with van der Waals surface area (Å²) in [4.78, 5) is 39.6. The number of nitrogens with zero attached hydrogens (tertiary/aromatic N) is 1. The summed E-state index contributed by atoms with van der Waals surface area (Å²) in [6.45, 7) is 0.879. The highest BCUT2D eigenvalue weighted by molar-refractivity contribution is 6.22. The van der Waals surface area contributed by atoms with Crippen molar-refractivity contribution in [3.05, 3.63) is 47.0 Å². The Hall–Kier alpha value is -3.59. The third kappa shape index (κ3) is 3.87. The van der Waals surface area contributed by atoms with Crippen LogP contribution in [0.4, 0.5) is 5.69 Å². The molecule has 0 radical (unpaired) electrons.